The van der Waals surface area contributed by atoms with Crippen molar-refractivity contribution in [1.82, 2.24) is 5.32 Å². The van der Waals surface area contributed by atoms with Crippen LogP contribution in [0.5, 0.6) is 5.75 Å². The largest absolute Gasteiger partial charge is 0.497 e. The zero-order valence-corrected chi connectivity index (χ0v) is 13.4. The first-order valence-electron chi connectivity index (χ1n) is 6.58. The van der Waals surface area contributed by atoms with E-state index in [0.29, 0.717) is 6.54 Å². The second-order valence-corrected chi connectivity index (χ2v) is 5.41. The lowest BCUT2D eigenvalue weighted by Crippen LogP contribution is -2.23. The zero-order valence-electron chi connectivity index (χ0n) is 11.8. The van der Waals surface area contributed by atoms with Gasteiger partial charge in [0, 0.05) is 5.56 Å². The number of rotatable bonds is 5. The van der Waals surface area contributed by atoms with Gasteiger partial charge in [0.25, 0.3) is 0 Å². The molecule has 0 bridgehead atoms. The van der Waals surface area contributed by atoms with Crippen molar-refractivity contribution in [2.24, 2.45) is 0 Å². The van der Waals surface area contributed by atoms with E-state index in [1.54, 1.807) is 19.2 Å². The van der Waals surface area contributed by atoms with E-state index in [0.717, 1.165) is 17.4 Å². The lowest BCUT2D eigenvalue weighted by molar-refractivity contribution is 0.414. The third-order valence-electron chi connectivity index (χ3n) is 3.21. The Morgan fingerprint density at radius 3 is 2.38 bits per heavy atom. The van der Waals surface area contributed by atoms with E-state index >= 15 is 0 Å². The third kappa shape index (κ3) is 3.60. The minimum atomic E-state index is -0.484. The molecular weight excluding hydrogens is 340 g/mol. The molecule has 0 spiro atoms. The van der Waals surface area contributed by atoms with E-state index in [1.165, 1.54) is 6.07 Å². The van der Waals surface area contributed by atoms with E-state index in [4.69, 9.17) is 4.74 Å². The topological polar surface area (TPSA) is 21.3 Å². The Kier molecular flexibility index (Phi) is 5.31. The minimum Gasteiger partial charge on any atom is -0.497 e. The van der Waals surface area contributed by atoms with Crippen LogP contribution >= 0.6 is 15.9 Å². The quantitative estimate of drug-likeness (QED) is 0.800. The molecule has 21 heavy (non-hydrogen) atoms. The second-order valence-electron chi connectivity index (χ2n) is 4.55. The fourth-order valence-electron chi connectivity index (χ4n) is 2.17. The molecule has 0 amide bonds. The summed E-state index contributed by atoms with van der Waals surface area (Å²) in [6.45, 7) is 2.55. The molecule has 0 aliphatic rings. The molecule has 0 aliphatic carbocycles. The van der Waals surface area contributed by atoms with Gasteiger partial charge in [0.15, 0.2) is 0 Å². The number of methoxy groups -OCH3 is 1. The average molecular weight is 356 g/mol. The highest BCUT2D eigenvalue weighted by Gasteiger charge is 2.19. The van der Waals surface area contributed by atoms with Gasteiger partial charge in [-0.3, -0.25) is 0 Å². The standard InChI is InChI=1S/C16H16BrF2NO/c1-3-20-16(10-4-6-11(21-2)7-5-10)12-8-15(19)13(17)9-14(12)18/h4-9,16,20H,3H2,1-2H3. The summed E-state index contributed by atoms with van der Waals surface area (Å²) >= 11 is 2.99. The average Bonchev–Trinajstić information content (AvgIpc) is 2.49. The van der Waals surface area contributed by atoms with Crippen molar-refractivity contribution >= 4 is 15.9 Å². The summed E-state index contributed by atoms with van der Waals surface area (Å²) in [4.78, 5) is 0. The number of hydrogen-bond donors (Lipinski definition) is 1. The fourth-order valence-corrected chi connectivity index (χ4v) is 2.48. The van der Waals surface area contributed by atoms with Gasteiger partial charge < -0.3 is 10.1 Å². The number of nitrogens with one attached hydrogen (secondary N) is 1. The van der Waals surface area contributed by atoms with Gasteiger partial charge in [-0.1, -0.05) is 19.1 Å². The summed E-state index contributed by atoms with van der Waals surface area (Å²) in [5.74, 6) is -0.218. The Morgan fingerprint density at radius 1 is 1.14 bits per heavy atom. The predicted octanol–water partition coefficient (Wildman–Crippen LogP) is 4.43. The van der Waals surface area contributed by atoms with Gasteiger partial charge >= 0.3 is 0 Å². The van der Waals surface area contributed by atoms with Crippen LogP contribution < -0.4 is 10.1 Å². The molecule has 112 valence electrons. The normalized spacial score (nSPS) is 12.2. The number of hydrogen-bond acceptors (Lipinski definition) is 2. The Labute approximate surface area is 131 Å². The van der Waals surface area contributed by atoms with Crippen molar-refractivity contribution in [3.05, 3.63) is 63.6 Å². The van der Waals surface area contributed by atoms with Gasteiger partial charge in [0.1, 0.15) is 17.4 Å². The maximum atomic E-state index is 14.2. The van der Waals surface area contributed by atoms with E-state index in [2.05, 4.69) is 21.2 Å². The SMILES string of the molecule is CCNC(c1ccc(OC)cc1)c1cc(F)c(Br)cc1F. The molecule has 1 unspecified atom stereocenters. The zero-order chi connectivity index (χ0) is 15.4. The maximum Gasteiger partial charge on any atom is 0.137 e. The molecule has 0 saturated carbocycles. The summed E-state index contributed by atoms with van der Waals surface area (Å²) in [5.41, 5.74) is 1.13. The highest BCUT2D eigenvalue weighted by atomic mass is 79.9. The van der Waals surface area contributed by atoms with Gasteiger partial charge in [0.05, 0.1) is 17.6 Å². The van der Waals surface area contributed by atoms with E-state index in [-0.39, 0.29) is 10.0 Å². The van der Waals surface area contributed by atoms with Crippen molar-refractivity contribution in [3.8, 4) is 5.75 Å². The van der Waals surface area contributed by atoms with Crippen LogP contribution in [-0.4, -0.2) is 13.7 Å². The molecule has 2 aromatic rings. The summed E-state index contributed by atoms with van der Waals surface area (Å²) in [6.07, 6.45) is 0. The van der Waals surface area contributed by atoms with E-state index in [9.17, 15) is 8.78 Å². The molecule has 0 radical (unpaired) electrons. The molecule has 0 heterocycles. The van der Waals surface area contributed by atoms with Crippen LogP contribution in [0.15, 0.2) is 40.9 Å². The molecule has 1 atom stereocenters. The molecule has 0 saturated heterocycles. The molecular formula is C16H16BrF2NO. The van der Waals surface area contributed by atoms with Crippen molar-refractivity contribution in [1.29, 1.82) is 0 Å². The molecule has 1 N–H and O–H groups in total. The van der Waals surface area contributed by atoms with Crippen LogP contribution in [0.2, 0.25) is 0 Å². The summed E-state index contributed by atoms with van der Waals surface area (Å²) < 4.78 is 33.1. The molecule has 0 aromatic heterocycles. The van der Waals surface area contributed by atoms with Gasteiger partial charge in [-0.15, -0.1) is 0 Å². The van der Waals surface area contributed by atoms with Crippen LogP contribution in [0.3, 0.4) is 0 Å². The van der Waals surface area contributed by atoms with Crippen molar-refractivity contribution in [2.75, 3.05) is 13.7 Å². The summed E-state index contributed by atoms with van der Waals surface area (Å²) in [6, 6.07) is 9.23. The molecule has 0 aliphatic heterocycles. The van der Waals surface area contributed by atoms with Gasteiger partial charge in [-0.05, 0) is 52.3 Å². The maximum absolute atomic E-state index is 14.2. The van der Waals surface area contributed by atoms with Crippen molar-refractivity contribution < 1.29 is 13.5 Å². The van der Waals surface area contributed by atoms with Crippen LogP contribution in [0.1, 0.15) is 24.1 Å². The number of halogens is 3. The lowest BCUT2D eigenvalue weighted by Gasteiger charge is -2.20. The first kappa shape index (κ1) is 15.9. The molecule has 2 rings (SSSR count). The van der Waals surface area contributed by atoms with Crippen molar-refractivity contribution in [3.63, 3.8) is 0 Å². The Bertz CT molecular complexity index is 616. The first-order valence-corrected chi connectivity index (χ1v) is 7.38. The predicted molar refractivity (Wildman–Crippen MR) is 82.6 cm³/mol. The van der Waals surface area contributed by atoms with Crippen LogP contribution in [0.25, 0.3) is 0 Å². The van der Waals surface area contributed by atoms with Crippen LogP contribution in [-0.2, 0) is 0 Å². The van der Waals surface area contributed by atoms with E-state index < -0.39 is 17.7 Å². The smallest absolute Gasteiger partial charge is 0.137 e. The van der Waals surface area contributed by atoms with Gasteiger partial charge in [-0.25, -0.2) is 8.78 Å². The molecule has 2 nitrogen and oxygen atoms in total. The monoisotopic (exact) mass is 355 g/mol. The third-order valence-corrected chi connectivity index (χ3v) is 3.82. The highest BCUT2D eigenvalue weighted by Crippen LogP contribution is 2.29. The molecule has 0 fully saturated rings. The Balaban J connectivity index is 2.44. The summed E-state index contributed by atoms with van der Waals surface area (Å²) in [7, 11) is 1.58. The number of benzene rings is 2. The molecule has 5 heteroatoms. The molecule has 2 aromatic carbocycles. The van der Waals surface area contributed by atoms with Crippen LogP contribution in [0, 0.1) is 11.6 Å². The first-order chi connectivity index (χ1) is 10.1. The Hall–Kier alpha value is -1.46. The van der Waals surface area contributed by atoms with Crippen molar-refractivity contribution in [2.45, 2.75) is 13.0 Å². The summed E-state index contributed by atoms with van der Waals surface area (Å²) in [5, 5.41) is 3.18. The second kappa shape index (κ2) is 7.00. The number of ether oxygens (including phenoxy) is 1. The van der Waals surface area contributed by atoms with Gasteiger partial charge in [-0.2, -0.15) is 0 Å². The fraction of sp³-hybridized carbons (Fsp3) is 0.250. The van der Waals surface area contributed by atoms with Crippen LogP contribution in [0.4, 0.5) is 8.78 Å². The van der Waals surface area contributed by atoms with E-state index in [1.807, 2.05) is 19.1 Å². The Morgan fingerprint density at radius 2 is 1.81 bits per heavy atom. The van der Waals surface area contributed by atoms with Gasteiger partial charge in [0.2, 0.25) is 0 Å². The highest BCUT2D eigenvalue weighted by molar-refractivity contribution is 9.10. The minimum absolute atomic E-state index is 0.119. The lowest BCUT2D eigenvalue weighted by atomic mass is 9.98.